The van der Waals surface area contributed by atoms with Crippen LogP contribution in [0.4, 0.5) is 8.78 Å². The molecule has 0 amide bonds. The first kappa shape index (κ1) is 19.6. The Kier molecular flexibility index (Phi) is 5.80. The second-order valence-electron chi connectivity index (χ2n) is 5.56. The average molecular weight is 409 g/mol. The van der Waals surface area contributed by atoms with Crippen LogP contribution in [0, 0.1) is 11.3 Å². The highest BCUT2D eigenvalue weighted by Gasteiger charge is 2.22. The summed E-state index contributed by atoms with van der Waals surface area (Å²) in [5.74, 6) is 0.353. The molecule has 146 valence electrons. The van der Waals surface area contributed by atoms with Gasteiger partial charge in [-0.05, 0) is 12.1 Å². The van der Waals surface area contributed by atoms with Crippen molar-refractivity contribution >= 4 is 22.5 Å². The smallest absolute Gasteiger partial charge is 0.243 e. The van der Waals surface area contributed by atoms with E-state index >= 15 is 0 Å². The van der Waals surface area contributed by atoms with Crippen LogP contribution >= 0.6 is 11.6 Å². The minimum Gasteiger partial charge on any atom is -0.481 e. The van der Waals surface area contributed by atoms with Gasteiger partial charge in [0.25, 0.3) is 0 Å². The number of hydrogen-bond acceptors (Lipinski definition) is 6. The zero-order valence-electron chi connectivity index (χ0n) is 14.9. The summed E-state index contributed by atoms with van der Waals surface area (Å²) in [5, 5.41) is 9.88. The predicted molar refractivity (Wildman–Crippen MR) is 97.8 cm³/mol. The molecule has 3 aromatic rings. The highest BCUT2D eigenvalue weighted by atomic mass is 35.5. The molecule has 0 atom stereocenters. The Bertz CT molecular complexity index is 1020. The van der Waals surface area contributed by atoms with Crippen molar-refractivity contribution < 1.29 is 23.0 Å². The van der Waals surface area contributed by atoms with Gasteiger partial charge in [-0.2, -0.15) is 15.2 Å². The van der Waals surface area contributed by atoms with Gasteiger partial charge in [0.2, 0.25) is 24.1 Å². The van der Waals surface area contributed by atoms with Gasteiger partial charge in [0, 0.05) is 18.0 Å². The van der Waals surface area contributed by atoms with Gasteiger partial charge in [-0.1, -0.05) is 17.7 Å². The molecule has 28 heavy (non-hydrogen) atoms. The third-order valence-corrected chi connectivity index (χ3v) is 4.22. The Labute approximate surface area is 164 Å². The summed E-state index contributed by atoms with van der Waals surface area (Å²) in [6.07, 6.45) is -1.56. The fourth-order valence-electron chi connectivity index (χ4n) is 2.79. The maximum Gasteiger partial charge on any atom is 0.243 e. The SMILES string of the molecule is COc1nc(-n2ccc3ccc(Cl)c(OCC#N)c32)nc(OC)c1CC(F)F. The van der Waals surface area contributed by atoms with Gasteiger partial charge < -0.3 is 14.2 Å². The molecule has 1 aromatic carbocycles. The maximum absolute atomic E-state index is 12.9. The van der Waals surface area contributed by atoms with Crippen LogP contribution in [0.1, 0.15) is 5.56 Å². The number of nitrogens with zero attached hydrogens (tertiary/aromatic N) is 4. The van der Waals surface area contributed by atoms with Gasteiger partial charge in [0.05, 0.1) is 30.3 Å². The van der Waals surface area contributed by atoms with Crippen LogP contribution in [-0.2, 0) is 6.42 Å². The Morgan fingerprint density at radius 1 is 1.18 bits per heavy atom. The first-order chi connectivity index (χ1) is 13.5. The van der Waals surface area contributed by atoms with Crippen molar-refractivity contribution in [2.75, 3.05) is 20.8 Å². The summed E-state index contributed by atoms with van der Waals surface area (Å²) >= 11 is 6.23. The van der Waals surface area contributed by atoms with Crippen LogP contribution in [0.15, 0.2) is 24.4 Å². The van der Waals surface area contributed by atoms with E-state index in [-0.39, 0.29) is 35.6 Å². The number of methoxy groups -OCH3 is 2. The Balaban J connectivity index is 2.22. The van der Waals surface area contributed by atoms with Crippen LogP contribution in [0.3, 0.4) is 0 Å². The quantitative estimate of drug-likeness (QED) is 0.591. The molecule has 0 bridgehead atoms. The predicted octanol–water partition coefficient (Wildman–Crippen LogP) is 3.80. The van der Waals surface area contributed by atoms with Crippen LogP contribution < -0.4 is 14.2 Å². The molecule has 7 nitrogen and oxygen atoms in total. The summed E-state index contributed by atoms with van der Waals surface area (Å²) in [5.41, 5.74) is 0.590. The fraction of sp³-hybridized carbons (Fsp3) is 0.278. The van der Waals surface area contributed by atoms with Crippen molar-refractivity contribution in [3.05, 3.63) is 35.0 Å². The molecule has 0 aliphatic heterocycles. The first-order valence-electron chi connectivity index (χ1n) is 8.06. The number of aromatic nitrogens is 3. The summed E-state index contributed by atoms with van der Waals surface area (Å²) < 4.78 is 43.2. The van der Waals surface area contributed by atoms with E-state index in [9.17, 15) is 8.78 Å². The van der Waals surface area contributed by atoms with Crippen LogP contribution in [-0.4, -0.2) is 41.8 Å². The molecule has 0 fully saturated rings. The molecule has 0 aliphatic rings. The molecule has 0 radical (unpaired) electrons. The van der Waals surface area contributed by atoms with Crippen molar-refractivity contribution in [2.45, 2.75) is 12.8 Å². The molecule has 0 unspecified atom stereocenters. The van der Waals surface area contributed by atoms with Crippen molar-refractivity contribution in [2.24, 2.45) is 0 Å². The Hall–Kier alpha value is -3.12. The summed E-state index contributed by atoms with van der Waals surface area (Å²) in [6, 6.07) is 7.09. The number of nitriles is 1. The van der Waals surface area contributed by atoms with Crippen LogP contribution in [0.2, 0.25) is 5.02 Å². The van der Waals surface area contributed by atoms with Crippen molar-refractivity contribution in [3.63, 3.8) is 0 Å². The minimum atomic E-state index is -2.62. The zero-order valence-corrected chi connectivity index (χ0v) is 15.7. The third kappa shape index (κ3) is 3.64. The lowest BCUT2D eigenvalue weighted by Gasteiger charge is -2.15. The van der Waals surface area contributed by atoms with Gasteiger partial charge in [-0.3, -0.25) is 4.57 Å². The summed E-state index contributed by atoms with van der Waals surface area (Å²) in [4.78, 5) is 8.50. The van der Waals surface area contributed by atoms with Crippen LogP contribution in [0.5, 0.6) is 17.5 Å². The van der Waals surface area contributed by atoms with E-state index in [4.69, 9.17) is 31.1 Å². The number of hydrogen-bond donors (Lipinski definition) is 0. The molecular formula is C18H15ClF2N4O3. The molecular weight excluding hydrogens is 394 g/mol. The van der Waals surface area contributed by atoms with E-state index < -0.39 is 12.8 Å². The Morgan fingerprint density at radius 2 is 1.86 bits per heavy atom. The lowest BCUT2D eigenvalue weighted by Crippen LogP contribution is -2.10. The van der Waals surface area contributed by atoms with Gasteiger partial charge in [0.15, 0.2) is 12.4 Å². The van der Waals surface area contributed by atoms with E-state index in [1.54, 1.807) is 29.0 Å². The van der Waals surface area contributed by atoms with Gasteiger partial charge in [0.1, 0.15) is 6.07 Å². The molecule has 0 saturated carbocycles. The van der Waals surface area contributed by atoms with E-state index in [0.29, 0.717) is 10.5 Å². The third-order valence-electron chi connectivity index (χ3n) is 3.92. The number of halogens is 3. The second-order valence-corrected chi connectivity index (χ2v) is 5.97. The molecule has 10 heteroatoms. The highest BCUT2D eigenvalue weighted by Crippen LogP contribution is 2.36. The Morgan fingerprint density at radius 3 is 2.43 bits per heavy atom. The molecule has 0 spiro atoms. The van der Waals surface area contributed by atoms with E-state index in [2.05, 4.69) is 9.97 Å². The summed E-state index contributed by atoms with van der Waals surface area (Å²) in [7, 11) is 2.65. The second kappa shape index (κ2) is 8.27. The largest absolute Gasteiger partial charge is 0.481 e. The molecule has 2 heterocycles. The zero-order chi connectivity index (χ0) is 20.3. The lowest BCUT2D eigenvalue weighted by molar-refractivity contribution is 0.146. The highest BCUT2D eigenvalue weighted by molar-refractivity contribution is 6.33. The molecule has 0 N–H and O–H groups in total. The number of fused-ring (bicyclic) bond motifs is 1. The van der Waals surface area contributed by atoms with E-state index in [0.717, 1.165) is 5.39 Å². The van der Waals surface area contributed by atoms with Gasteiger partial charge in [-0.15, -0.1) is 0 Å². The maximum atomic E-state index is 12.9. The van der Waals surface area contributed by atoms with Crippen molar-refractivity contribution in [1.29, 1.82) is 5.26 Å². The van der Waals surface area contributed by atoms with Crippen LogP contribution in [0.25, 0.3) is 16.9 Å². The standard InChI is InChI=1S/C18H15ClF2N4O3/c1-26-16-11(9-13(20)21)17(27-2)24-18(23-16)25-7-5-10-3-4-12(19)15(14(10)25)28-8-6-22/h3-5,7,13H,8-9H2,1-2H3. The number of rotatable bonds is 7. The van der Waals surface area contributed by atoms with Crippen molar-refractivity contribution in [3.8, 4) is 29.5 Å². The van der Waals surface area contributed by atoms with Gasteiger partial charge in [-0.25, -0.2) is 8.78 Å². The van der Waals surface area contributed by atoms with Crippen molar-refractivity contribution in [1.82, 2.24) is 14.5 Å². The topological polar surface area (TPSA) is 82.2 Å². The van der Waals surface area contributed by atoms with Gasteiger partial charge >= 0.3 is 0 Å². The molecule has 0 saturated heterocycles. The normalized spacial score (nSPS) is 10.9. The monoisotopic (exact) mass is 408 g/mol. The summed E-state index contributed by atoms with van der Waals surface area (Å²) in [6.45, 7) is -0.204. The number of alkyl halides is 2. The molecule has 2 aromatic heterocycles. The minimum absolute atomic E-state index is 0.0227. The average Bonchev–Trinajstić information content (AvgIpc) is 3.11. The number of ether oxygens (including phenoxy) is 3. The molecule has 3 rings (SSSR count). The fourth-order valence-corrected chi connectivity index (χ4v) is 3.00. The van der Waals surface area contributed by atoms with E-state index in [1.807, 2.05) is 6.07 Å². The molecule has 0 aliphatic carbocycles. The van der Waals surface area contributed by atoms with E-state index in [1.165, 1.54) is 14.2 Å². The first-order valence-corrected chi connectivity index (χ1v) is 8.44. The lowest BCUT2D eigenvalue weighted by atomic mass is 10.2. The number of benzene rings is 1.